The van der Waals surface area contributed by atoms with Crippen LogP contribution in [-0.2, 0) is 0 Å². The van der Waals surface area contributed by atoms with Crippen LogP contribution in [0.5, 0.6) is 0 Å². The van der Waals surface area contributed by atoms with Crippen molar-refractivity contribution in [2.24, 2.45) is 0 Å². The number of aromatic nitrogens is 2. The van der Waals surface area contributed by atoms with Crippen molar-refractivity contribution in [1.82, 2.24) is 9.97 Å². The van der Waals surface area contributed by atoms with Crippen LogP contribution in [0.1, 0.15) is 36.2 Å². The van der Waals surface area contributed by atoms with Crippen LogP contribution in [0.15, 0.2) is 30.6 Å². The molecular weight excluding hydrogens is 300 g/mol. The minimum Gasteiger partial charge on any atom is -0.352 e. The lowest BCUT2D eigenvalue weighted by atomic mass is 10.2. The van der Waals surface area contributed by atoms with Gasteiger partial charge in [-0.05, 0) is 38.0 Å². The third kappa shape index (κ3) is 3.95. The van der Waals surface area contributed by atoms with Crippen molar-refractivity contribution in [3.63, 3.8) is 0 Å². The number of anilines is 2. The van der Waals surface area contributed by atoms with Crippen molar-refractivity contribution in [2.75, 3.05) is 10.6 Å². The molecule has 1 unspecified atom stereocenters. The van der Waals surface area contributed by atoms with Crippen LogP contribution in [0.25, 0.3) is 0 Å². The highest BCUT2D eigenvalue weighted by molar-refractivity contribution is 6.31. The Bertz CT molecular complexity index is 658. The SMILES string of the molecule is CCC(C)Nc1ncc(C(=O)Nc2cccc(Cl)c2C)cn1. The van der Waals surface area contributed by atoms with E-state index in [-0.39, 0.29) is 11.9 Å². The van der Waals surface area contributed by atoms with E-state index < -0.39 is 0 Å². The molecule has 116 valence electrons. The number of hydrogen-bond donors (Lipinski definition) is 2. The summed E-state index contributed by atoms with van der Waals surface area (Å²) in [5.41, 5.74) is 1.90. The Balaban J connectivity index is 2.08. The van der Waals surface area contributed by atoms with Crippen LogP contribution in [0.4, 0.5) is 11.6 Å². The van der Waals surface area contributed by atoms with Crippen LogP contribution < -0.4 is 10.6 Å². The lowest BCUT2D eigenvalue weighted by Gasteiger charge is -2.11. The molecule has 0 radical (unpaired) electrons. The van der Waals surface area contributed by atoms with Gasteiger partial charge in [-0.2, -0.15) is 0 Å². The molecular formula is C16H19ClN4O. The molecule has 0 fully saturated rings. The topological polar surface area (TPSA) is 66.9 Å². The van der Waals surface area contributed by atoms with E-state index in [0.717, 1.165) is 12.0 Å². The minimum atomic E-state index is -0.263. The molecule has 0 bridgehead atoms. The first kappa shape index (κ1) is 16.2. The Labute approximate surface area is 135 Å². The van der Waals surface area contributed by atoms with Gasteiger partial charge in [0.15, 0.2) is 0 Å². The van der Waals surface area contributed by atoms with Crippen molar-refractivity contribution >= 4 is 29.1 Å². The van der Waals surface area contributed by atoms with Gasteiger partial charge in [-0.15, -0.1) is 0 Å². The average molecular weight is 319 g/mol. The number of carbonyl (C=O) groups excluding carboxylic acids is 1. The molecule has 0 aliphatic carbocycles. The van der Waals surface area contributed by atoms with Gasteiger partial charge in [-0.3, -0.25) is 4.79 Å². The maximum absolute atomic E-state index is 12.2. The zero-order valence-corrected chi connectivity index (χ0v) is 13.6. The summed E-state index contributed by atoms with van der Waals surface area (Å²) in [5.74, 6) is 0.255. The first-order valence-electron chi connectivity index (χ1n) is 7.16. The number of hydrogen-bond acceptors (Lipinski definition) is 4. The normalized spacial score (nSPS) is 11.8. The Morgan fingerprint density at radius 1 is 1.32 bits per heavy atom. The van der Waals surface area contributed by atoms with E-state index in [1.165, 1.54) is 12.4 Å². The predicted molar refractivity (Wildman–Crippen MR) is 89.5 cm³/mol. The molecule has 5 nitrogen and oxygen atoms in total. The lowest BCUT2D eigenvalue weighted by Crippen LogP contribution is -2.17. The molecule has 1 aromatic carbocycles. The van der Waals surface area contributed by atoms with Gasteiger partial charge in [-0.1, -0.05) is 24.6 Å². The number of nitrogens with zero attached hydrogens (tertiary/aromatic N) is 2. The fourth-order valence-corrected chi connectivity index (χ4v) is 1.95. The summed E-state index contributed by atoms with van der Waals surface area (Å²) < 4.78 is 0. The minimum absolute atomic E-state index is 0.263. The van der Waals surface area contributed by atoms with E-state index in [1.54, 1.807) is 18.2 Å². The third-order valence-electron chi connectivity index (χ3n) is 3.42. The monoisotopic (exact) mass is 318 g/mol. The van der Waals surface area contributed by atoms with Gasteiger partial charge in [0, 0.05) is 29.1 Å². The van der Waals surface area contributed by atoms with Crippen molar-refractivity contribution in [3.8, 4) is 0 Å². The number of nitrogens with one attached hydrogen (secondary N) is 2. The summed E-state index contributed by atoms with van der Waals surface area (Å²) in [4.78, 5) is 20.5. The molecule has 2 N–H and O–H groups in total. The van der Waals surface area contributed by atoms with E-state index >= 15 is 0 Å². The highest BCUT2D eigenvalue weighted by Gasteiger charge is 2.10. The van der Waals surface area contributed by atoms with Crippen LogP contribution in [0, 0.1) is 6.92 Å². The van der Waals surface area contributed by atoms with E-state index in [0.29, 0.717) is 22.2 Å². The zero-order chi connectivity index (χ0) is 16.1. The molecule has 0 spiro atoms. The van der Waals surface area contributed by atoms with Crippen molar-refractivity contribution in [2.45, 2.75) is 33.2 Å². The van der Waals surface area contributed by atoms with Crippen molar-refractivity contribution in [1.29, 1.82) is 0 Å². The highest BCUT2D eigenvalue weighted by atomic mass is 35.5. The standard InChI is InChI=1S/C16H19ClN4O/c1-4-10(2)20-16-18-8-12(9-19-16)15(22)21-14-7-5-6-13(17)11(14)3/h5-10H,4H2,1-3H3,(H,21,22)(H,18,19,20). The van der Waals surface area contributed by atoms with Crippen LogP contribution in [0.3, 0.4) is 0 Å². The first-order chi connectivity index (χ1) is 10.5. The van der Waals surface area contributed by atoms with Gasteiger partial charge in [-0.25, -0.2) is 9.97 Å². The molecule has 0 aliphatic rings. The molecule has 2 aromatic rings. The van der Waals surface area contributed by atoms with E-state index in [2.05, 4.69) is 27.5 Å². The van der Waals surface area contributed by atoms with Gasteiger partial charge in [0.1, 0.15) is 0 Å². The highest BCUT2D eigenvalue weighted by Crippen LogP contribution is 2.23. The Morgan fingerprint density at radius 2 is 2.00 bits per heavy atom. The molecule has 6 heteroatoms. The number of carbonyl (C=O) groups is 1. The maximum atomic E-state index is 12.2. The number of rotatable bonds is 5. The number of amides is 1. The molecule has 1 aromatic heterocycles. The van der Waals surface area contributed by atoms with E-state index in [4.69, 9.17) is 11.6 Å². The summed E-state index contributed by atoms with van der Waals surface area (Å²) in [6.07, 6.45) is 3.99. The van der Waals surface area contributed by atoms with Gasteiger partial charge in [0.25, 0.3) is 5.91 Å². The maximum Gasteiger partial charge on any atom is 0.258 e. The molecule has 22 heavy (non-hydrogen) atoms. The summed E-state index contributed by atoms with van der Waals surface area (Å²) in [6, 6.07) is 5.67. The molecule has 0 aliphatic heterocycles. The molecule has 1 atom stereocenters. The molecule has 0 saturated heterocycles. The second-order valence-corrected chi connectivity index (χ2v) is 5.52. The molecule has 1 heterocycles. The Morgan fingerprint density at radius 3 is 2.64 bits per heavy atom. The smallest absolute Gasteiger partial charge is 0.258 e. The summed E-state index contributed by atoms with van der Waals surface area (Å²) in [5, 5.41) is 6.58. The molecule has 0 saturated carbocycles. The number of halogens is 1. The fourth-order valence-electron chi connectivity index (χ4n) is 1.78. The molecule has 1 amide bonds. The van der Waals surface area contributed by atoms with Crippen molar-refractivity contribution < 1.29 is 4.79 Å². The van der Waals surface area contributed by atoms with Crippen LogP contribution >= 0.6 is 11.6 Å². The first-order valence-corrected chi connectivity index (χ1v) is 7.54. The summed E-state index contributed by atoms with van der Waals surface area (Å²) in [6.45, 7) is 5.98. The zero-order valence-electron chi connectivity index (χ0n) is 12.9. The average Bonchev–Trinajstić information content (AvgIpc) is 2.52. The Kier molecular flexibility index (Phi) is 5.33. The van der Waals surface area contributed by atoms with E-state index in [9.17, 15) is 4.79 Å². The third-order valence-corrected chi connectivity index (χ3v) is 3.83. The molecule has 2 rings (SSSR count). The number of benzene rings is 1. The quantitative estimate of drug-likeness (QED) is 0.877. The van der Waals surface area contributed by atoms with Gasteiger partial charge in [0.2, 0.25) is 5.95 Å². The van der Waals surface area contributed by atoms with Gasteiger partial charge in [0.05, 0.1) is 5.56 Å². The van der Waals surface area contributed by atoms with Crippen LogP contribution in [-0.4, -0.2) is 21.9 Å². The van der Waals surface area contributed by atoms with Crippen molar-refractivity contribution in [3.05, 3.63) is 46.7 Å². The van der Waals surface area contributed by atoms with Gasteiger partial charge < -0.3 is 10.6 Å². The summed E-state index contributed by atoms with van der Waals surface area (Å²) in [7, 11) is 0. The largest absolute Gasteiger partial charge is 0.352 e. The fraction of sp³-hybridized carbons (Fsp3) is 0.312. The second-order valence-electron chi connectivity index (χ2n) is 5.12. The summed E-state index contributed by atoms with van der Waals surface area (Å²) >= 11 is 6.04. The lowest BCUT2D eigenvalue weighted by molar-refractivity contribution is 0.102. The predicted octanol–water partition coefficient (Wildman–Crippen LogP) is 3.90. The van der Waals surface area contributed by atoms with Crippen LogP contribution in [0.2, 0.25) is 5.02 Å². The van der Waals surface area contributed by atoms with Gasteiger partial charge >= 0.3 is 0 Å². The second kappa shape index (κ2) is 7.22. The Hall–Kier alpha value is -2.14. The van der Waals surface area contributed by atoms with E-state index in [1.807, 2.05) is 13.8 Å².